The van der Waals surface area contributed by atoms with Crippen LogP contribution in [0.25, 0.3) is 0 Å². The predicted octanol–water partition coefficient (Wildman–Crippen LogP) is 1.37. The summed E-state index contributed by atoms with van der Waals surface area (Å²) in [5.74, 6) is 0. The van der Waals surface area contributed by atoms with E-state index in [4.69, 9.17) is 0 Å². The number of hydrogen-bond acceptors (Lipinski definition) is 1. The van der Waals surface area contributed by atoms with Crippen LogP contribution in [0, 0.1) is 7.05 Å². The van der Waals surface area contributed by atoms with Gasteiger partial charge in [-0.25, -0.2) is 0 Å². The Hall–Kier alpha value is -0.890. The van der Waals surface area contributed by atoms with Gasteiger partial charge in [-0.2, -0.15) is 0 Å². The van der Waals surface area contributed by atoms with Crippen molar-refractivity contribution in [3.63, 3.8) is 0 Å². The standard InChI is InChI=1S/C10H16N2/c1-10(2,3)9-6-5-8(11-4)7-12-9/h5-7H,4,11H2,1-3H3. The first-order valence-corrected chi connectivity index (χ1v) is 4.13. The van der Waals surface area contributed by atoms with E-state index in [0.29, 0.717) is 0 Å². The van der Waals surface area contributed by atoms with Crippen molar-refractivity contribution >= 4 is 5.69 Å². The zero-order valence-electron chi connectivity index (χ0n) is 7.96. The molecule has 1 heterocycles. The Kier molecular flexibility index (Phi) is 2.48. The number of hydrogen-bond donors (Lipinski definition) is 1. The SMILES string of the molecule is [CH2-][NH2+]c1ccc(C(C)(C)C)nc1. The van der Waals surface area contributed by atoms with Gasteiger partial charge in [0.05, 0.1) is 6.20 Å². The van der Waals surface area contributed by atoms with Crippen LogP contribution in [0.1, 0.15) is 26.5 Å². The Morgan fingerprint density at radius 1 is 1.33 bits per heavy atom. The molecule has 1 aromatic rings. The Balaban J connectivity index is 2.93. The zero-order valence-corrected chi connectivity index (χ0v) is 7.96. The number of quaternary nitrogens is 1. The van der Waals surface area contributed by atoms with Crippen molar-refractivity contribution in [3.8, 4) is 0 Å². The van der Waals surface area contributed by atoms with Crippen LogP contribution in [0.4, 0.5) is 5.69 Å². The summed E-state index contributed by atoms with van der Waals surface area (Å²) in [6, 6.07) is 4.09. The van der Waals surface area contributed by atoms with Crippen molar-refractivity contribution in [1.29, 1.82) is 0 Å². The molecule has 2 N–H and O–H groups in total. The van der Waals surface area contributed by atoms with E-state index in [2.05, 4.69) is 38.9 Å². The molecular weight excluding hydrogens is 148 g/mol. The molecule has 0 fully saturated rings. The quantitative estimate of drug-likeness (QED) is 0.624. The fourth-order valence-electron chi connectivity index (χ4n) is 0.970. The van der Waals surface area contributed by atoms with E-state index in [0.717, 1.165) is 11.4 Å². The van der Waals surface area contributed by atoms with Crippen LogP contribution in [-0.4, -0.2) is 4.98 Å². The molecule has 0 bridgehead atoms. The number of aromatic nitrogens is 1. The van der Waals surface area contributed by atoms with E-state index >= 15 is 0 Å². The first-order valence-electron chi connectivity index (χ1n) is 4.13. The van der Waals surface area contributed by atoms with Gasteiger partial charge in [-0.3, -0.25) is 4.98 Å². The second kappa shape index (κ2) is 3.23. The molecule has 0 aliphatic carbocycles. The fraction of sp³-hybridized carbons (Fsp3) is 0.400. The van der Waals surface area contributed by atoms with E-state index in [1.807, 2.05) is 12.3 Å². The molecule has 0 amide bonds. The highest BCUT2D eigenvalue weighted by molar-refractivity contribution is 5.27. The van der Waals surface area contributed by atoms with Crippen molar-refractivity contribution in [1.82, 2.24) is 4.98 Å². The monoisotopic (exact) mass is 164 g/mol. The molecule has 0 saturated carbocycles. The van der Waals surface area contributed by atoms with Crippen molar-refractivity contribution in [3.05, 3.63) is 31.1 Å². The van der Waals surface area contributed by atoms with Gasteiger partial charge in [-0.15, -0.1) is 7.05 Å². The molecule has 2 heteroatoms. The lowest BCUT2D eigenvalue weighted by Crippen LogP contribution is -2.69. The molecule has 0 aromatic carbocycles. The fourth-order valence-corrected chi connectivity index (χ4v) is 0.970. The third-order valence-electron chi connectivity index (χ3n) is 1.79. The molecule has 0 radical (unpaired) electrons. The van der Waals surface area contributed by atoms with Crippen LogP contribution in [0.3, 0.4) is 0 Å². The average Bonchev–Trinajstić information content (AvgIpc) is 2.03. The van der Waals surface area contributed by atoms with E-state index < -0.39 is 0 Å². The van der Waals surface area contributed by atoms with Gasteiger partial charge >= 0.3 is 0 Å². The van der Waals surface area contributed by atoms with Crippen LogP contribution in [0.5, 0.6) is 0 Å². The minimum atomic E-state index is 0.139. The summed E-state index contributed by atoms with van der Waals surface area (Å²) in [6.45, 7) is 6.47. The highest BCUT2D eigenvalue weighted by Gasteiger charge is 2.14. The maximum absolute atomic E-state index is 4.35. The first kappa shape index (κ1) is 9.20. The molecular formula is C10H16N2. The largest absolute Gasteiger partial charge is 0.444 e. The number of nitrogens with zero attached hydrogens (tertiary/aromatic N) is 1. The first-order chi connectivity index (χ1) is 5.54. The Morgan fingerprint density at radius 2 is 2.00 bits per heavy atom. The molecule has 0 aliphatic rings. The van der Waals surface area contributed by atoms with Gasteiger partial charge in [-0.1, -0.05) is 20.8 Å². The van der Waals surface area contributed by atoms with E-state index in [1.165, 1.54) is 0 Å². The van der Waals surface area contributed by atoms with Gasteiger partial charge in [-0.05, 0) is 6.07 Å². The van der Waals surface area contributed by atoms with E-state index in [-0.39, 0.29) is 5.41 Å². The summed E-state index contributed by atoms with van der Waals surface area (Å²) in [5.41, 5.74) is 2.33. The zero-order chi connectivity index (χ0) is 9.19. The van der Waals surface area contributed by atoms with Gasteiger partial charge in [0.2, 0.25) is 0 Å². The molecule has 0 atom stereocenters. The molecule has 0 unspecified atom stereocenters. The van der Waals surface area contributed by atoms with Gasteiger partial charge in [0, 0.05) is 17.2 Å². The van der Waals surface area contributed by atoms with Crippen LogP contribution in [0.2, 0.25) is 0 Å². The number of rotatable bonds is 1. The van der Waals surface area contributed by atoms with Crippen LogP contribution < -0.4 is 5.32 Å². The summed E-state index contributed by atoms with van der Waals surface area (Å²) in [6.07, 6.45) is 1.85. The maximum atomic E-state index is 4.35. The third kappa shape index (κ3) is 2.05. The predicted molar refractivity (Wildman–Crippen MR) is 49.9 cm³/mol. The van der Waals surface area contributed by atoms with Crippen LogP contribution in [-0.2, 0) is 5.41 Å². The minimum Gasteiger partial charge on any atom is -0.444 e. The number of pyridine rings is 1. The van der Waals surface area contributed by atoms with Crippen molar-refractivity contribution in [2.45, 2.75) is 26.2 Å². The summed E-state index contributed by atoms with van der Waals surface area (Å²) in [4.78, 5) is 4.35. The van der Waals surface area contributed by atoms with E-state index in [9.17, 15) is 0 Å². The van der Waals surface area contributed by atoms with Gasteiger partial charge in [0.25, 0.3) is 0 Å². The molecule has 1 aromatic heterocycles. The molecule has 12 heavy (non-hydrogen) atoms. The number of nitrogens with two attached hydrogens (primary N) is 1. The lowest BCUT2D eigenvalue weighted by atomic mass is 9.92. The lowest BCUT2D eigenvalue weighted by Gasteiger charge is -2.17. The van der Waals surface area contributed by atoms with Crippen LogP contribution >= 0.6 is 0 Å². The summed E-state index contributed by atoms with van der Waals surface area (Å²) in [5, 5.41) is 1.80. The molecule has 0 spiro atoms. The molecule has 0 saturated heterocycles. The minimum absolute atomic E-state index is 0.139. The van der Waals surface area contributed by atoms with Gasteiger partial charge < -0.3 is 5.32 Å². The second-order valence-electron chi connectivity index (χ2n) is 3.93. The topological polar surface area (TPSA) is 29.5 Å². The summed E-state index contributed by atoms with van der Waals surface area (Å²) >= 11 is 0. The average molecular weight is 164 g/mol. The van der Waals surface area contributed by atoms with E-state index in [1.54, 1.807) is 5.32 Å². The Morgan fingerprint density at radius 3 is 2.33 bits per heavy atom. The van der Waals surface area contributed by atoms with Gasteiger partial charge in [0.15, 0.2) is 0 Å². The van der Waals surface area contributed by atoms with Crippen molar-refractivity contribution < 1.29 is 5.32 Å². The van der Waals surface area contributed by atoms with Crippen LogP contribution in [0.15, 0.2) is 18.3 Å². The van der Waals surface area contributed by atoms with Crippen molar-refractivity contribution in [2.75, 3.05) is 0 Å². The normalized spacial score (nSPS) is 11.7. The maximum Gasteiger partial charge on any atom is 0.121 e. The molecule has 2 nitrogen and oxygen atoms in total. The Labute approximate surface area is 74.0 Å². The highest BCUT2D eigenvalue weighted by Crippen LogP contribution is 2.19. The smallest absolute Gasteiger partial charge is 0.121 e. The third-order valence-corrected chi connectivity index (χ3v) is 1.79. The highest BCUT2D eigenvalue weighted by atomic mass is 14.8. The van der Waals surface area contributed by atoms with Crippen molar-refractivity contribution in [2.24, 2.45) is 0 Å². The molecule has 1 rings (SSSR count). The second-order valence-corrected chi connectivity index (χ2v) is 3.93. The Bertz CT molecular complexity index is 244. The van der Waals surface area contributed by atoms with Gasteiger partial charge in [0.1, 0.15) is 5.69 Å². The molecule has 66 valence electrons. The summed E-state index contributed by atoms with van der Waals surface area (Å²) < 4.78 is 0. The summed E-state index contributed by atoms with van der Waals surface area (Å²) in [7, 11) is 3.68. The molecule has 0 aliphatic heterocycles. The lowest BCUT2D eigenvalue weighted by molar-refractivity contribution is -0.505.